The number of carbonyl (C=O) groups is 1. The predicted octanol–water partition coefficient (Wildman–Crippen LogP) is 0.745. The molecular weight excluding hydrogens is 260 g/mol. The summed E-state index contributed by atoms with van der Waals surface area (Å²) in [5.74, 6) is 0.430. The number of hydrogen-bond acceptors (Lipinski definition) is 6. The molecule has 1 amide bonds. The van der Waals surface area contributed by atoms with Gasteiger partial charge in [0.15, 0.2) is 0 Å². The smallest absolute Gasteiger partial charge is 0.295 e. The van der Waals surface area contributed by atoms with E-state index in [1.54, 1.807) is 11.9 Å². The van der Waals surface area contributed by atoms with Crippen LogP contribution in [0.5, 0.6) is 0 Å². The van der Waals surface area contributed by atoms with Crippen LogP contribution in [0.15, 0.2) is 4.52 Å². The van der Waals surface area contributed by atoms with Gasteiger partial charge in [0, 0.05) is 20.2 Å². The lowest BCUT2D eigenvalue weighted by molar-refractivity contribution is 0.0575. The van der Waals surface area contributed by atoms with Crippen LogP contribution in [0.1, 0.15) is 48.2 Å². The number of nitrogens with zero attached hydrogens (tertiary/aromatic N) is 3. The van der Waals surface area contributed by atoms with E-state index in [0.717, 1.165) is 38.8 Å². The number of aromatic nitrogens is 2. The Bertz CT molecular complexity index is 464. The molecule has 2 fully saturated rings. The van der Waals surface area contributed by atoms with Crippen LogP contribution in [0.4, 0.5) is 0 Å². The summed E-state index contributed by atoms with van der Waals surface area (Å²) in [4.78, 5) is 18.0. The van der Waals surface area contributed by atoms with Gasteiger partial charge in [-0.2, -0.15) is 4.98 Å². The van der Waals surface area contributed by atoms with Gasteiger partial charge < -0.3 is 19.5 Å². The van der Waals surface area contributed by atoms with Crippen molar-refractivity contribution in [3.05, 3.63) is 11.7 Å². The minimum absolute atomic E-state index is 0.0903. The standard InChI is InChI=1S/C13H20N4O3/c1-17(8-9-4-3-7-19-9)13(18)11-15-12(20-16-11)10-5-2-6-14-10/h9-10,14H,2-8H2,1H3. The molecule has 3 heterocycles. The number of carbonyl (C=O) groups excluding carboxylic acids is 1. The number of nitrogens with one attached hydrogen (secondary N) is 1. The van der Waals surface area contributed by atoms with E-state index in [9.17, 15) is 4.79 Å². The molecule has 0 saturated carbocycles. The van der Waals surface area contributed by atoms with Gasteiger partial charge in [0.2, 0.25) is 5.89 Å². The lowest BCUT2D eigenvalue weighted by Gasteiger charge is -2.18. The summed E-state index contributed by atoms with van der Waals surface area (Å²) in [6, 6.07) is 0.0903. The molecule has 1 aromatic rings. The Kier molecular flexibility index (Phi) is 3.98. The maximum absolute atomic E-state index is 12.2. The average Bonchev–Trinajstić information content (AvgIpc) is 3.18. The predicted molar refractivity (Wildman–Crippen MR) is 70.2 cm³/mol. The van der Waals surface area contributed by atoms with Crippen molar-refractivity contribution in [1.82, 2.24) is 20.4 Å². The molecular formula is C13H20N4O3. The summed E-state index contributed by atoms with van der Waals surface area (Å²) in [5.41, 5.74) is 0. The minimum atomic E-state index is -0.214. The van der Waals surface area contributed by atoms with Crippen LogP contribution in [0.3, 0.4) is 0 Å². The first-order chi connectivity index (χ1) is 9.74. The first kappa shape index (κ1) is 13.5. The van der Waals surface area contributed by atoms with Crippen molar-refractivity contribution >= 4 is 5.91 Å². The molecule has 2 atom stereocenters. The Morgan fingerprint density at radius 3 is 3.05 bits per heavy atom. The zero-order chi connectivity index (χ0) is 13.9. The third kappa shape index (κ3) is 2.83. The second-order valence-corrected chi connectivity index (χ2v) is 5.43. The zero-order valence-electron chi connectivity index (χ0n) is 11.7. The molecule has 2 aliphatic rings. The molecule has 0 aliphatic carbocycles. The molecule has 2 aliphatic heterocycles. The Balaban J connectivity index is 1.60. The van der Waals surface area contributed by atoms with Crippen LogP contribution < -0.4 is 5.32 Å². The van der Waals surface area contributed by atoms with E-state index in [2.05, 4.69) is 15.5 Å². The first-order valence-electron chi connectivity index (χ1n) is 7.18. The van der Waals surface area contributed by atoms with Crippen molar-refractivity contribution in [2.45, 2.75) is 37.8 Å². The van der Waals surface area contributed by atoms with Crippen LogP contribution in [0, 0.1) is 0 Å². The molecule has 0 aromatic carbocycles. The van der Waals surface area contributed by atoms with Crippen molar-refractivity contribution in [2.24, 2.45) is 0 Å². The van der Waals surface area contributed by atoms with Gasteiger partial charge in [-0.1, -0.05) is 5.16 Å². The van der Waals surface area contributed by atoms with Gasteiger partial charge in [-0.25, -0.2) is 0 Å². The monoisotopic (exact) mass is 280 g/mol. The van der Waals surface area contributed by atoms with Crippen molar-refractivity contribution in [3.8, 4) is 0 Å². The van der Waals surface area contributed by atoms with E-state index < -0.39 is 0 Å². The lowest BCUT2D eigenvalue weighted by Crippen LogP contribution is -2.34. The van der Waals surface area contributed by atoms with Gasteiger partial charge >= 0.3 is 0 Å². The first-order valence-corrected chi connectivity index (χ1v) is 7.18. The highest BCUT2D eigenvalue weighted by Gasteiger charge is 2.27. The summed E-state index contributed by atoms with van der Waals surface area (Å²) < 4.78 is 10.7. The lowest BCUT2D eigenvalue weighted by atomic mass is 10.2. The number of likely N-dealkylation sites (N-methyl/N-ethyl adjacent to an activating group) is 1. The molecule has 1 aromatic heterocycles. The second-order valence-electron chi connectivity index (χ2n) is 5.43. The average molecular weight is 280 g/mol. The summed E-state index contributed by atoms with van der Waals surface area (Å²) >= 11 is 0. The molecule has 110 valence electrons. The summed E-state index contributed by atoms with van der Waals surface area (Å²) in [6.07, 6.45) is 4.26. The summed E-state index contributed by atoms with van der Waals surface area (Å²) in [5, 5.41) is 7.07. The van der Waals surface area contributed by atoms with Crippen molar-refractivity contribution < 1.29 is 14.1 Å². The highest BCUT2D eigenvalue weighted by Crippen LogP contribution is 2.21. The molecule has 20 heavy (non-hydrogen) atoms. The molecule has 7 nitrogen and oxygen atoms in total. The van der Waals surface area contributed by atoms with Crippen LogP contribution in [0.25, 0.3) is 0 Å². The Hall–Kier alpha value is -1.47. The number of rotatable bonds is 4. The van der Waals surface area contributed by atoms with Crippen LogP contribution in [-0.2, 0) is 4.74 Å². The van der Waals surface area contributed by atoms with Gasteiger partial charge in [0.1, 0.15) is 0 Å². The highest BCUT2D eigenvalue weighted by atomic mass is 16.5. The third-order valence-corrected chi connectivity index (χ3v) is 3.84. The molecule has 7 heteroatoms. The van der Waals surface area contributed by atoms with Crippen LogP contribution in [-0.4, -0.2) is 53.8 Å². The minimum Gasteiger partial charge on any atom is -0.376 e. The fraction of sp³-hybridized carbons (Fsp3) is 0.769. The van der Waals surface area contributed by atoms with Crippen LogP contribution >= 0.6 is 0 Å². The number of hydrogen-bond donors (Lipinski definition) is 1. The van der Waals surface area contributed by atoms with E-state index in [1.165, 1.54) is 0 Å². The molecule has 1 N–H and O–H groups in total. The van der Waals surface area contributed by atoms with Crippen molar-refractivity contribution in [1.29, 1.82) is 0 Å². The van der Waals surface area contributed by atoms with E-state index in [0.29, 0.717) is 12.4 Å². The second kappa shape index (κ2) is 5.88. The molecule has 3 rings (SSSR count). The van der Waals surface area contributed by atoms with Crippen LogP contribution in [0.2, 0.25) is 0 Å². The fourth-order valence-corrected chi connectivity index (χ4v) is 2.71. The quantitative estimate of drug-likeness (QED) is 0.876. The SMILES string of the molecule is CN(CC1CCCO1)C(=O)c1noc(C2CCCN2)n1. The van der Waals surface area contributed by atoms with E-state index in [-0.39, 0.29) is 23.9 Å². The van der Waals surface area contributed by atoms with Gasteiger partial charge in [0.25, 0.3) is 11.7 Å². The molecule has 0 spiro atoms. The summed E-state index contributed by atoms with van der Waals surface area (Å²) in [7, 11) is 1.74. The van der Waals surface area contributed by atoms with Gasteiger partial charge in [-0.3, -0.25) is 4.79 Å². The largest absolute Gasteiger partial charge is 0.376 e. The maximum atomic E-state index is 12.2. The zero-order valence-corrected chi connectivity index (χ0v) is 11.7. The normalized spacial score (nSPS) is 26.1. The third-order valence-electron chi connectivity index (χ3n) is 3.84. The van der Waals surface area contributed by atoms with E-state index in [1.807, 2.05) is 0 Å². The number of ether oxygens (including phenoxy) is 1. The topological polar surface area (TPSA) is 80.5 Å². The molecule has 2 saturated heterocycles. The maximum Gasteiger partial charge on any atom is 0.295 e. The molecule has 2 unspecified atom stereocenters. The Morgan fingerprint density at radius 1 is 1.45 bits per heavy atom. The summed E-state index contributed by atoms with van der Waals surface area (Å²) in [6.45, 7) is 2.31. The Labute approximate surface area is 117 Å². The molecule has 0 bridgehead atoms. The number of amides is 1. The van der Waals surface area contributed by atoms with Gasteiger partial charge in [-0.15, -0.1) is 0 Å². The fourth-order valence-electron chi connectivity index (χ4n) is 2.71. The highest BCUT2D eigenvalue weighted by molar-refractivity contribution is 5.90. The van der Waals surface area contributed by atoms with Gasteiger partial charge in [0.05, 0.1) is 12.1 Å². The van der Waals surface area contributed by atoms with E-state index in [4.69, 9.17) is 9.26 Å². The van der Waals surface area contributed by atoms with Crippen molar-refractivity contribution in [2.75, 3.05) is 26.7 Å². The van der Waals surface area contributed by atoms with E-state index >= 15 is 0 Å². The van der Waals surface area contributed by atoms with Crippen molar-refractivity contribution in [3.63, 3.8) is 0 Å². The van der Waals surface area contributed by atoms with Gasteiger partial charge in [-0.05, 0) is 32.2 Å². The Morgan fingerprint density at radius 2 is 2.35 bits per heavy atom. The molecule has 0 radical (unpaired) electrons.